The number of nitriles is 1. The van der Waals surface area contributed by atoms with Crippen LogP contribution in [0.2, 0.25) is 0 Å². The zero-order chi connectivity index (χ0) is 11.0. The van der Waals surface area contributed by atoms with Gasteiger partial charge >= 0.3 is 0 Å². The van der Waals surface area contributed by atoms with Crippen molar-refractivity contribution in [1.29, 1.82) is 5.26 Å². The van der Waals surface area contributed by atoms with Crippen LogP contribution in [0.1, 0.15) is 20.3 Å². The summed E-state index contributed by atoms with van der Waals surface area (Å²) in [6.07, 6.45) is 0.377. The molecular formula is C10H18N2O2. The summed E-state index contributed by atoms with van der Waals surface area (Å²) in [5, 5.41) is 8.44. The topological polar surface area (TPSA) is 53.3 Å². The van der Waals surface area contributed by atoms with Gasteiger partial charge in [-0.25, -0.2) is 0 Å². The fourth-order valence-electron chi connectivity index (χ4n) is 1.16. The lowest BCUT2D eigenvalue weighted by molar-refractivity contribution is -0.135. The quantitative estimate of drug-likeness (QED) is 0.640. The van der Waals surface area contributed by atoms with Crippen LogP contribution in [0, 0.1) is 17.2 Å². The first-order chi connectivity index (χ1) is 6.61. The van der Waals surface area contributed by atoms with E-state index < -0.39 is 0 Å². The third-order valence-electron chi connectivity index (χ3n) is 1.70. The van der Waals surface area contributed by atoms with E-state index in [0.29, 0.717) is 25.4 Å². The standard InChI is InChI=1S/C10H18N2O2/c1-9(2)7-12(6-4-5-11)10(13)8-14-3/h9H,4,6-8H2,1-3H3. The summed E-state index contributed by atoms with van der Waals surface area (Å²) in [6.45, 7) is 5.36. The van der Waals surface area contributed by atoms with E-state index in [-0.39, 0.29) is 12.5 Å². The summed E-state index contributed by atoms with van der Waals surface area (Å²) in [7, 11) is 1.50. The molecule has 1 amide bonds. The van der Waals surface area contributed by atoms with Crippen LogP contribution in [0.25, 0.3) is 0 Å². The zero-order valence-corrected chi connectivity index (χ0v) is 9.12. The van der Waals surface area contributed by atoms with Crippen molar-refractivity contribution in [2.45, 2.75) is 20.3 Å². The van der Waals surface area contributed by atoms with Gasteiger partial charge in [-0.1, -0.05) is 13.8 Å². The molecule has 0 bridgehead atoms. The van der Waals surface area contributed by atoms with Gasteiger partial charge in [-0.2, -0.15) is 5.26 Å². The van der Waals surface area contributed by atoms with Crippen LogP contribution in [-0.2, 0) is 9.53 Å². The minimum Gasteiger partial charge on any atom is -0.375 e. The molecule has 0 heterocycles. The highest BCUT2D eigenvalue weighted by Crippen LogP contribution is 2.00. The van der Waals surface area contributed by atoms with E-state index in [0.717, 1.165) is 0 Å². The Bertz CT molecular complexity index is 209. The fraction of sp³-hybridized carbons (Fsp3) is 0.800. The van der Waals surface area contributed by atoms with Crippen molar-refractivity contribution in [3.05, 3.63) is 0 Å². The zero-order valence-electron chi connectivity index (χ0n) is 9.12. The Kier molecular flexibility index (Phi) is 6.77. The normalized spacial score (nSPS) is 9.93. The van der Waals surface area contributed by atoms with E-state index in [9.17, 15) is 4.79 Å². The number of nitrogens with zero attached hydrogens (tertiary/aromatic N) is 2. The Morgan fingerprint density at radius 1 is 1.57 bits per heavy atom. The van der Waals surface area contributed by atoms with Crippen LogP contribution in [0.3, 0.4) is 0 Å². The lowest BCUT2D eigenvalue weighted by Crippen LogP contribution is -2.37. The van der Waals surface area contributed by atoms with Gasteiger partial charge in [-0.05, 0) is 5.92 Å². The van der Waals surface area contributed by atoms with Gasteiger partial charge in [0.25, 0.3) is 0 Å². The number of carbonyl (C=O) groups is 1. The van der Waals surface area contributed by atoms with Crippen LogP contribution in [0.5, 0.6) is 0 Å². The Labute approximate surface area is 85.5 Å². The van der Waals surface area contributed by atoms with Crippen molar-refractivity contribution in [3.63, 3.8) is 0 Å². The van der Waals surface area contributed by atoms with Gasteiger partial charge in [0.05, 0.1) is 12.5 Å². The lowest BCUT2D eigenvalue weighted by Gasteiger charge is -2.23. The summed E-state index contributed by atoms with van der Waals surface area (Å²) in [4.78, 5) is 13.2. The molecule has 0 aromatic carbocycles. The Balaban J connectivity index is 4.09. The minimum atomic E-state index is -0.0450. The van der Waals surface area contributed by atoms with Gasteiger partial charge < -0.3 is 9.64 Å². The van der Waals surface area contributed by atoms with E-state index in [1.807, 2.05) is 19.9 Å². The number of carbonyl (C=O) groups excluding carboxylic acids is 1. The Morgan fingerprint density at radius 2 is 2.21 bits per heavy atom. The smallest absolute Gasteiger partial charge is 0.248 e. The van der Waals surface area contributed by atoms with Gasteiger partial charge in [0.15, 0.2) is 0 Å². The summed E-state index contributed by atoms with van der Waals surface area (Å²) >= 11 is 0. The molecule has 80 valence electrons. The molecule has 0 saturated heterocycles. The third-order valence-corrected chi connectivity index (χ3v) is 1.70. The highest BCUT2D eigenvalue weighted by atomic mass is 16.5. The van der Waals surface area contributed by atoms with Crippen LogP contribution < -0.4 is 0 Å². The summed E-state index contributed by atoms with van der Waals surface area (Å²) in [6, 6.07) is 2.03. The highest BCUT2D eigenvalue weighted by Gasteiger charge is 2.13. The minimum absolute atomic E-state index is 0.0450. The number of rotatable bonds is 6. The molecule has 4 nitrogen and oxygen atoms in total. The van der Waals surface area contributed by atoms with Crippen LogP contribution in [0.15, 0.2) is 0 Å². The molecule has 0 atom stereocenters. The maximum absolute atomic E-state index is 11.5. The fourth-order valence-corrected chi connectivity index (χ4v) is 1.16. The predicted molar refractivity (Wildman–Crippen MR) is 53.5 cm³/mol. The average molecular weight is 198 g/mol. The van der Waals surface area contributed by atoms with Crippen molar-refractivity contribution < 1.29 is 9.53 Å². The molecule has 0 rings (SSSR count). The molecule has 0 spiro atoms. The molecule has 0 aliphatic rings. The molecule has 0 saturated carbocycles. The third kappa shape index (κ3) is 5.55. The number of hydrogen-bond acceptors (Lipinski definition) is 3. The van der Waals surface area contributed by atoms with E-state index in [1.54, 1.807) is 4.90 Å². The van der Waals surface area contributed by atoms with E-state index in [1.165, 1.54) is 7.11 Å². The highest BCUT2D eigenvalue weighted by molar-refractivity contribution is 5.77. The van der Waals surface area contributed by atoms with Gasteiger partial charge in [-0.3, -0.25) is 4.79 Å². The van der Waals surface area contributed by atoms with Gasteiger partial charge in [0.2, 0.25) is 5.91 Å². The Hall–Kier alpha value is -1.08. The predicted octanol–water partition coefficient (Wildman–Crippen LogP) is 1.03. The van der Waals surface area contributed by atoms with Crippen LogP contribution in [0.4, 0.5) is 0 Å². The summed E-state index contributed by atoms with van der Waals surface area (Å²) in [5.74, 6) is 0.367. The summed E-state index contributed by atoms with van der Waals surface area (Å²) < 4.78 is 4.77. The monoisotopic (exact) mass is 198 g/mol. The van der Waals surface area contributed by atoms with E-state index in [2.05, 4.69) is 0 Å². The maximum atomic E-state index is 11.5. The molecule has 0 aromatic rings. The first kappa shape index (κ1) is 12.9. The van der Waals surface area contributed by atoms with Crippen molar-refractivity contribution in [1.82, 2.24) is 4.90 Å². The Morgan fingerprint density at radius 3 is 2.64 bits per heavy atom. The molecule has 4 heteroatoms. The van der Waals surface area contributed by atoms with Crippen molar-refractivity contribution in [2.75, 3.05) is 26.8 Å². The molecule has 0 aliphatic heterocycles. The molecule has 14 heavy (non-hydrogen) atoms. The molecular weight excluding hydrogens is 180 g/mol. The van der Waals surface area contributed by atoms with Crippen molar-refractivity contribution in [3.8, 4) is 6.07 Å². The maximum Gasteiger partial charge on any atom is 0.248 e. The average Bonchev–Trinajstić information content (AvgIpc) is 2.12. The molecule has 0 aliphatic carbocycles. The van der Waals surface area contributed by atoms with Gasteiger partial charge in [0, 0.05) is 20.2 Å². The number of hydrogen-bond donors (Lipinski definition) is 0. The second kappa shape index (κ2) is 7.34. The number of amides is 1. The molecule has 0 fully saturated rings. The molecule has 0 aromatic heterocycles. The van der Waals surface area contributed by atoms with Gasteiger partial charge in [0.1, 0.15) is 6.61 Å². The lowest BCUT2D eigenvalue weighted by atomic mass is 10.2. The largest absolute Gasteiger partial charge is 0.375 e. The van der Waals surface area contributed by atoms with Crippen molar-refractivity contribution in [2.24, 2.45) is 5.92 Å². The second-order valence-electron chi connectivity index (χ2n) is 3.57. The molecule has 0 radical (unpaired) electrons. The first-order valence-corrected chi connectivity index (χ1v) is 4.75. The van der Waals surface area contributed by atoms with Crippen LogP contribution >= 0.6 is 0 Å². The second-order valence-corrected chi connectivity index (χ2v) is 3.57. The number of methoxy groups -OCH3 is 1. The van der Waals surface area contributed by atoms with E-state index in [4.69, 9.17) is 10.00 Å². The molecule has 0 N–H and O–H groups in total. The molecule has 0 unspecified atom stereocenters. The van der Waals surface area contributed by atoms with Gasteiger partial charge in [-0.15, -0.1) is 0 Å². The SMILES string of the molecule is COCC(=O)N(CCC#N)CC(C)C. The number of ether oxygens (including phenoxy) is 1. The van der Waals surface area contributed by atoms with Crippen LogP contribution in [-0.4, -0.2) is 37.6 Å². The van der Waals surface area contributed by atoms with Crippen molar-refractivity contribution >= 4 is 5.91 Å². The van der Waals surface area contributed by atoms with E-state index >= 15 is 0 Å². The summed E-state index contributed by atoms with van der Waals surface area (Å²) in [5.41, 5.74) is 0. The first-order valence-electron chi connectivity index (χ1n) is 4.75.